The number of carbonyl (C=O) groups is 2. The number of hydrogen-bond acceptors (Lipinski definition) is 3. The van der Waals surface area contributed by atoms with E-state index in [0.717, 1.165) is 10.5 Å². The maximum atomic E-state index is 13.9. The summed E-state index contributed by atoms with van der Waals surface area (Å²) in [5, 5.41) is 2.87. The fraction of sp³-hybridized carbons (Fsp3) is 0.333. The standard InChI is InChI=1S/C21H25FN2O3/c1-5-24(13-16-6-11-20(27-4)19(22)12-16)14(2)21(26)23-18-9-7-17(8-10-18)15(3)25/h6-12,14H,5,13H2,1-4H3,(H,23,26)/p+1/t14-/m0/s1. The number of rotatable bonds is 8. The van der Waals surface area contributed by atoms with Crippen molar-refractivity contribution in [2.45, 2.75) is 33.4 Å². The molecule has 2 rings (SSSR count). The van der Waals surface area contributed by atoms with Crippen molar-refractivity contribution in [1.82, 2.24) is 0 Å². The number of likely N-dealkylation sites (N-methyl/N-ethyl adjacent to an activating group) is 1. The Morgan fingerprint density at radius 2 is 1.85 bits per heavy atom. The van der Waals surface area contributed by atoms with Gasteiger partial charge in [-0.1, -0.05) is 0 Å². The van der Waals surface area contributed by atoms with Crippen molar-refractivity contribution in [2.24, 2.45) is 0 Å². The Hall–Kier alpha value is -2.73. The number of anilines is 1. The van der Waals surface area contributed by atoms with Gasteiger partial charge in [0.05, 0.1) is 13.7 Å². The second-order valence-corrected chi connectivity index (χ2v) is 6.50. The highest BCUT2D eigenvalue weighted by atomic mass is 19.1. The lowest BCUT2D eigenvalue weighted by atomic mass is 10.1. The molecule has 0 saturated heterocycles. The van der Waals surface area contributed by atoms with Crippen molar-refractivity contribution in [3.8, 4) is 5.75 Å². The molecular weight excluding hydrogens is 347 g/mol. The van der Waals surface area contributed by atoms with Crippen LogP contribution in [0, 0.1) is 5.82 Å². The summed E-state index contributed by atoms with van der Waals surface area (Å²) in [5.74, 6) is -0.351. The van der Waals surface area contributed by atoms with Crippen LogP contribution in [0.15, 0.2) is 42.5 Å². The van der Waals surface area contributed by atoms with Crippen LogP contribution < -0.4 is 15.0 Å². The van der Waals surface area contributed by atoms with Crippen LogP contribution in [-0.4, -0.2) is 31.4 Å². The van der Waals surface area contributed by atoms with E-state index in [1.807, 2.05) is 19.9 Å². The molecule has 0 aliphatic heterocycles. The Morgan fingerprint density at radius 1 is 1.19 bits per heavy atom. The summed E-state index contributed by atoms with van der Waals surface area (Å²) in [6.45, 7) is 6.57. The van der Waals surface area contributed by atoms with Crippen LogP contribution in [0.25, 0.3) is 0 Å². The number of halogens is 1. The zero-order valence-corrected chi connectivity index (χ0v) is 16.1. The molecule has 0 bridgehead atoms. The summed E-state index contributed by atoms with van der Waals surface area (Å²) < 4.78 is 18.8. The van der Waals surface area contributed by atoms with Crippen molar-refractivity contribution in [3.05, 3.63) is 59.4 Å². The predicted octanol–water partition coefficient (Wildman–Crippen LogP) is 2.47. The highest BCUT2D eigenvalue weighted by Gasteiger charge is 2.24. The number of ether oxygens (including phenoxy) is 1. The van der Waals surface area contributed by atoms with E-state index in [4.69, 9.17) is 4.74 Å². The number of nitrogens with one attached hydrogen (secondary N) is 2. The van der Waals surface area contributed by atoms with Gasteiger partial charge < -0.3 is 15.0 Å². The highest BCUT2D eigenvalue weighted by Crippen LogP contribution is 2.17. The third-order valence-corrected chi connectivity index (χ3v) is 4.67. The fourth-order valence-corrected chi connectivity index (χ4v) is 2.89. The van der Waals surface area contributed by atoms with Crippen LogP contribution >= 0.6 is 0 Å². The third kappa shape index (κ3) is 5.37. The molecule has 0 aromatic heterocycles. The van der Waals surface area contributed by atoms with Gasteiger partial charge in [-0.2, -0.15) is 0 Å². The van der Waals surface area contributed by atoms with Crippen molar-refractivity contribution >= 4 is 17.4 Å². The lowest BCUT2D eigenvalue weighted by Crippen LogP contribution is -3.15. The number of Topliss-reactive ketones (excluding diaryl/α,β-unsaturated/α-hetero) is 1. The third-order valence-electron chi connectivity index (χ3n) is 4.67. The first kappa shape index (κ1) is 20.6. The number of amides is 1. The fourth-order valence-electron chi connectivity index (χ4n) is 2.89. The average Bonchev–Trinajstić information content (AvgIpc) is 2.66. The molecular formula is C21H26FN2O3+. The molecule has 6 heteroatoms. The zero-order chi connectivity index (χ0) is 20.0. The van der Waals surface area contributed by atoms with Gasteiger partial charge in [0.2, 0.25) is 0 Å². The lowest BCUT2D eigenvalue weighted by molar-refractivity contribution is -0.925. The summed E-state index contributed by atoms with van der Waals surface area (Å²) in [6, 6.07) is 11.3. The molecule has 1 unspecified atom stereocenters. The minimum atomic E-state index is -0.409. The molecule has 2 aromatic carbocycles. The zero-order valence-electron chi connectivity index (χ0n) is 16.1. The molecule has 144 valence electrons. The average molecular weight is 373 g/mol. The Bertz CT molecular complexity index is 806. The van der Waals surface area contributed by atoms with E-state index in [-0.39, 0.29) is 23.5 Å². The largest absolute Gasteiger partial charge is 0.494 e. The summed E-state index contributed by atoms with van der Waals surface area (Å²) in [4.78, 5) is 24.9. The molecule has 0 aliphatic rings. The quantitative estimate of drug-likeness (QED) is 0.699. The van der Waals surface area contributed by atoms with Gasteiger partial charge in [0, 0.05) is 16.8 Å². The molecule has 2 N–H and O–H groups in total. The minimum absolute atomic E-state index is 0.0189. The summed E-state index contributed by atoms with van der Waals surface area (Å²) in [6.07, 6.45) is 0. The molecule has 1 amide bonds. The first-order chi connectivity index (χ1) is 12.8. The maximum Gasteiger partial charge on any atom is 0.282 e. The SMILES string of the molecule is CC[NH+](Cc1ccc(OC)c(F)c1)[C@@H](C)C(=O)Nc1ccc(C(C)=O)cc1. The van der Waals surface area contributed by atoms with Gasteiger partial charge in [-0.3, -0.25) is 9.59 Å². The van der Waals surface area contributed by atoms with E-state index in [1.165, 1.54) is 20.1 Å². The summed E-state index contributed by atoms with van der Waals surface area (Å²) in [7, 11) is 1.43. The Balaban J connectivity index is 2.04. The molecule has 2 aromatic rings. The molecule has 0 radical (unpaired) electrons. The van der Waals surface area contributed by atoms with Crippen LogP contribution in [0.4, 0.5) is 10.1 Å². The van der Waals surface area contributed by atoms with Gasteiger partial charge in [-0.05, 0) is 63.2 Å². The van der Waals surface area contributed by atoms with E-state index in [1.54, 1.807) is 30.3 Å². The molecule has 2 atom stereocenters. The first-order valence-electron chi connectivity index (χ1n) is 8.94. The number of carbonyl (C=O) groups excluding carboxylic acids is 2. The Kier molecular flexibility index (Phi) is 7.07. The molecule has 0 spiro atoms. The van der Waals surface area contributed by atoms with Crippen LogP contribution in [0.5, 0.6) is 5.75 Å². The minimum Gasteiger partial charge on any atom is -0.494 e. The maximum absolute atomic E-state index is 13.9. The van der Waals surface area contributed by atoms with E-state index >= 15 is 0 Å². The van der Waals surface area contributed by atoms with Gasteiger partial charge in [-0.15, -0.1) is 0 Å². The molecule has 5 nitrogen and oxygen atoms in total. The number of ketones is 1. The van der Waals surface area contributed by atoms with Gasteiger partial charge >= 0.3 is 0 Å². The second kappa shape index (κ2) is 9.28. The lowest BCUT2D eigenvalue weighted by Gasteiger charge is -2.24. The number of benzene rings is 2. The van der Waals surface area contributed by atoms with Gasteiger partial charge in [0.25, 0.3) is 5.91 Å². The van der Waals surface area contributed by atoms with Crippen molar-refractivity contribution in [3.63, 3.8) is 0 Å². The van der Waals surface area contributed by atoms with Crippen molar-refractivity contribution in [2.75, 3.05) is 19.0 Å². The van der Waals surface area contributed by atoms with Gasteiger partial charge in [-0.25, -0.2) is 4.39 Å². The van der Waals surface area contributed by atoms with Gasteiger partial charge in [0.1, 0.15) is 6.54 Å². The van der Waals surface area contributed by atoms with Crippen molar-refractivity contribution < 1.29 is 23.6 Å². The van der Waals surface area contributed by atoms with Crippen molar-refractivity contribution in [1.29, 1.82) is 0 Å². The van der Waals surface area contributed by atoms with Gasteiger partial charge in [0.15, 0.2) is 23.4 Å². The predicted molar refractivity (Wildman–Crippen MR) is 103 cm³/mol. The Morgan fingerprint density at radius 3 is 2.37 bits per heavy atom. The highest BCUT2D eigenvalue weighted by molar-refractivity contribution is 5.96. The Labute approximate surface area is 159 Å². The second-order valence-electron chi connectivity index (χ2n) is 6.50. The van der Waals surface area contributed by atoms with E-state index in [9.17, 15) is 14.0 Å². The number of quaternary nitrogens is 1. The first-order valence-corrected chi connectivity index (χ1v) is 8.94. The molecule has 0 heterocycles. The van der Waals surface area contributed by atoms with E-state index in [2.05, 4.69) is 5.32 Å². The summed E-state index contributed by atoms with van der Waals surface area (Å²) >= 11 is 0. The van der Waals surface area contributed by atoms with E-state index < -0.39 is 5.82 Å². The monoisotopic (exact) mass is 373 g/mol. The normalized spacial score (nSPS) is 12.9. The molecule has 0 fully saturated rings. The molecule has 0 saturated carbocycles. The van der Waals surface area contributed by atoms with Crippen LogP contribution in [-0.2, 0) is 11.3 Å². The summed E-state index contributed by atoms with van der Waals surface area (Å²) in [5.41, 5.74) is 2.04. The van der Waals surface area contributed by atoms with Crippen LogP contribution in [0.3, 0.4) is 0 Å². The smallest absolute Gasteiger partial charge is 0.282 e. The number of methoxy groups -OCH3 is 1. The van der Waals surface area contributed by atoms with Crippen LogP contribution in [0.2, 0.25) is 0 Å². The van der Waals surface area contributed by atoms with Crippen LogP contribution in [0.1, 0.15) is 36.7 Å². The topological polar surface area (TPSA) is 59.8 Å². The molecule has 0 aliphatic carbocycles. The van der Waals surface area contributed by atoms with E-state index in [0.29, 0.717) is 24.3 Å². The molecule has 27 heavy (non-hydrogen) atoms. The number of hydrogen-bond donors (Lipinski definition) is 2.